The zero-order valence-corrected chi connectivity index (χ0v) is 10.3. The summed E-state index contributed by atoms with van der Waals surface area (Å²) >= 11 is 0. The molecule has 0 unspecified atom stereocenters. The van der Waals surface area contributed by atoms with Gasteiger partial charge in [0.15, 0.2) is 0 Å². The van der Waals surface area contributed by atoms with E-state index in [1.165, 1.54) is 7.05 Å². The molecule has 0 aliphatic rings. The average Bonchev–Trinajstić information content (AvgIpc) is 2.03. The summed E-state index contributed by atoms with van der Waals surface area (Å²) in [4.78, 5) is 0. The first-order chi connectivity index (χ1) is 4.00. The first kappa shape index (κ1) is 33.2. The smallest absolute Gasteiger partial charge is 0 e. The molecule has 9 heavy (non-hydrogen) atoms. The van der Waals surface area contributed by atoms with Crippen molar-refractivity contribution < 1.29 is 22.4 Å². The van der Waals surface area contributed by atoms with Crippen LogP contribution in [0.1, 0.15) is 20.8 Å². The van der Waals surface area contributed by atoms with Gasteiger partial charge in [-0.25, -0.2) is 0 Å². The maximum atomic E-state index is 5.75. The molecule has 0 saturated heterocycles. The van der Waals surface area contributed by atoms with E-state index in [2.05, 4.69) is 20.8 Å². The second kappa shape index (κ2) is 1050. The summed E-state index contributed by atoms with van der Waals surface area (Å²) in [6.07, 6.45) is 0. The molecule has 0 amide bonds. The minimum Gasteiger partial charge on any atom is -0.680 e. The molecule has 0 bridgehead atoms. The molecule has 2 heteroatoms. The van der Waals surface area contributed by atoms with Crippen LogP contribution in [0.25, 0.3) is 5.73 Å². The molecule has 0 aromatic heterocycles. The van der Waals surface area contributed by atoms with E-state index in [4.69, 9.17) is 5.73 Å². The average molecular weight is 298 g/mol. The number of rotatable bonds is 0. The van der Waals surface area contributed by atoms with Crippen molar-refractivity contribution in [3.63, 3.8) is 0 Å². The Morgan fingerprint density at radius 2 is 0.667 bits per heavy atom. The largest absolute Gasteiger partial charge is 0.680 e. The quantitative estimate of drug-likeness (QED) is 0.613. The van der Waals surface area contributed by atoms with Gasteiger partial charge >= 0.3 is 0 Å². The molecule has 1 nitrogen and oxygen atoms in total. The van der Waals surface area contributed by atoms with Crippen molar-refractivity contribution in [3.05, 3.63) is 26.5 Å². The number of nitrogens with one attached hydrogen (secondary N) is 1. The third kappa shape index (κ3) is 797. The van der Waals surface area contributed by atoms with Gasteiger partial charge in [0.1, 0.15) is 0 Å². The molecule has 0 aliphatic heterocycles. The molecule has 0 atom stereocenters. The third-order valence-electron chi connectivity index (χ3n) is 0. The molecule has 1 N–H and O–H groups in total. The minimum absolute atomic E-state index is 0. The van der Waals surface area contributed by atoms with Crippen molar-refractivity contribution >= 4 is 0 Å². The van der Waals surface area contributed by atoms with Crippen molar-refractivity contribution in [3.8, 4) is 0 Å². The molecule has 0 aromatic rings. The molecular formula is C7H19NTa-4. The van der Waals surface area contributed by atoms with Gasteiger partial charge in [-0.1, -0.05) is 0 Å². The summed E-state index contributed by atoms with van der Waals surface area (Å²) in [6, 6.07) is 0. The monoisotopic (exact) mass is 298 g/mol. The Bertz CT molecular complexity index is 8.88. The zero-order chi connectivity index (χ0) is 8.00. The Morgan fingerprint density at radius 3 is 0.667 bits per heavy atom. The molecule has 0 saturated carbocycles. The predicted octanol–water partition coefficient (Wildman–Crippen LogP) is 3.19. The normalized spacial score (nSPS) is 2.67. The van der Waals surface area contributed by atoms with Crippen molar-refractivity contribution in [1.82, 2.24) is 0 Å². The summed E-state index contributed by atoms with van der Waals surface area (Å²) < 4.78 is 0. The van der Waals surface area contributed by atoms with Gasteiger partial charge in [0.2, 0.25) is 0 Å². The molecule has 0 fully saturated rings. The molecule has 0 aromatic carbocycles. The molecule has 61 valence electrons. The Hall–Kier alpha value is 0.700. The SMILES string of the molecule is C[NH-].[CH2-]C.[CH2-]C.[CH2-]C.[Ta]. The van der Waals surface area contributed by atoms with Crippen LogP contribution in [0.4, 0.5) is 0 Å². The fourth-order valence-electron chi connectivity index (χ4n) is 0. The Balaban J connectivity index is -0.00000000762. The van der Waals surface area contributed by atoms with Crippen LogP contribution in [0, 0.1) is 20.8 Å². The Kier molecular flexibility index (Phi) is 3880. The van der Waals surface area contributed by atoms with E-state index in [1.54, 1.807) is 20.8 Å². The summed E-state index contributed by atoms with van der Waals surface area (Å²) in [5, 5.41) is 0. The van der Waals surface area contributed by atoms with E-state index in [0.29, 0.717) is 0 Å². The summed E-state index contributed by atoms with van der Waals surface area (Å²) in [5.41, 5.74) is 5.75. The molecule has 0 heterocycles. The van der Waals surface area contributed by atoms with Crippen molar-refractivity contribution in [2.45, 2.75) is 20.8 Å². The first-order valence-corrected chi connectivity index (χ1v) is 2.62. The van der Waals surface area contributed by atoms with Crippen LogP contribution in [0.15, 0.2) is 0 Å². The van der Waals surface area contributed by atoms with Crippen molar-refractivity contribution in [2.24, 2.45) is 0 Å². The van der Waals surface area contributed by atoms with Crippen LogP contribution in [0.5, 0.6) is 0 Å². The summed E-state index contributed by atoms with van der Waals surface area (Å²) in [7, 11) is 1.25. The van der Waals surface area contributed by atoms with Gasteiger partial charge < -0.3 is 26.5 Å². The van der Waals surface area contributed by atoms with E-state index in [0.717, 1.165) is 0 Å². The van der Waals surface area contributed by atoms with Crippen LogP contribution in [0.3, 0.4) is 0 Å². The van der Waals surface area contributed by atoms with Crippen LogP contribution >= 0.6 is 0 Å². The van der Waals surface area contributed by atoms with E-state index >= 15 is 0 Å². The second-order valence-corrected chi connectivity index (χ2v) is 0. The molecule has 0 spiro atoms. The summed E-state index contributed by atoms with van der Waals surface area (Å²) in [5.74, 6) is 0. The van der Waals surface area contributed by atoms with Gasteiger partial charge in [-0.3, -0.25) is 0 Å². The standard InChI is InChI=1S/3C2H5.CH4N.Ta/c4*1-2;/h3*1H2,2H3;2H,1H3;/q4*-1;. The third-order valence-corrected chi connectivity index (χ3v) is 0. The van der Waals surface area contributed by atoms with Gasteiger partial charge in [0.05, 0.1) is 0 Å². The van der Waals surface area contributed by atoms with Gasteiger partial charge in [0, 0.05) is 22.4 Å². The fraction of sp³-hybridized carbons (Fsp3) is 0.571. The summed E-state index contributed by atoms with van der Waals surface area (Å²) in [6.45, 7) is 15.0. The van der Waals surface area contributed by atoms with E-state index in [1.807, 2.05) is 0 Å². The molecule has 1 radical (unpaired) electrons. The molecule has 0 aliphatic carbocycles. The van der Waals surface area contributed by atoms with Crippen LogP contribution in [-0.4, -0.2) is 7.05 Å². The topological polar surface area (TPSA) is 23.8 Å². The van der Waals surface area contributed by atoms with Crippen molar-refractivity contribution in [2.75, 3.05) is 7.05 Å². The van der Waals surface area contributed by atoms with Crippen LogP contribution < -0.4 is 0 Å². The zero-order valence-electron chi connectivity index (χ0n) is 7.07. The van der Waals surface area contributed by atoms with Gasteiger partial charge in [-0.15, -0.1) is 0 Å². The van der Waals surface area contributed by atoms with E-state index in [-0.39, 0.29) is 22.4 Å². The molecule has 0 rings (SSSR count). The van der Waals surface area contributed by atoms with E-state index in [9.17, 15) is 0 Å². The van der Waals surface area contributed by atoms with Gasteiger partial charge in [0.25, 0.3) is 0 Å². The molecular weight excluding hydrogens is 279 g/mol. The number of hydrogen-bond acceptors (Lipinski definition) is 0. The van der Waals surface area contributed by atoms with Crippen LogP contribution in [0.2, 0.25) is 0 Å². The maximum Gasteiger partial charge on any atom is 0 e. The van der Waals surface area contributed by atoms with Gasteiger partial charge in [-0.05, 0) is 0 Å². The Morgan fingerprint density at radius 1 is 0.667 bits per heavy atom. The second-order valence-electron chi connectivity index (χ2n) is 0. The number of hydrogen-bond donors (Lipinski definition) is 0. The Labute approximate surface area is 76.9 Å². The van der Waals surface area contributed by atoms with E-state index < -0.39 is 0 Å². The van der Waals surface area contributed by atoms with Crippen LogP contribution in [-0.2, 0) is 22.4 Å². The van der Waals surface area contributed by atoms with Crippen molar-refractivity contribution in [1.29, 1.82) is 0 Å². The first-order valence-electron chi connectivity index (χ1n) is 2.62. The minimum atomic E-state index is 0. The predicted molar refractivity (Wildman–Crippen MR) is 43.3 cm³/mol. The fourth-order valence-corrected chi connectivity index (χ4v) is 0. The maximum absolute atomic E-state index is 5.75. The van der Waals surface area contributed by atoms with Gasteiger partial charge in [-0.2, -0.15) is 27.8 Å².